The molecule has 0 spiro atoms. The molecule has 0 fully saturated rings. The Bertz CT molecular complexity index is 383. The van der Waals surface area contributed by atoms with Crippen LogP contribution in [0.3, 0.4) is 0 Å². The van der Waals surface area contributed by atoms with Gasteiger partial charge in [-0.25, -0.2) is 0 Å². The maximum atomic E-state index is 5.10. The van der Waals surface area contributed by atoms with Crippen molar-refractivity contribution >= 4 is 15.9 Å². The van der Waals surface area contributed by atoms with E-state index in [-0.39, 0.29) is 0 Å². The van der Waals surface area contributed by atoms with Crippen LogP contribution in [0.1, 0.15) is 39.2 Å². The van der Waals surface area contributed by atoms with Crippen molar-refractivity contribution < 1.29 is 4.74 Å². The van der Waals surface area contributed by atoms with Gasteiger partial charge < -0.3 is 10.1 Å². The van der Waals surface area contributed by atoms with Gasteiger partial charge in [0.05, 0.1) is 6.61 Å². The van der Waals surface area contributed by atoms with Crippen LogP contribution in [0.25, 0.3) is 0 Å². The normalized spacial score (nSPS) is 13.4. The summed E-state index contributed by atoms with van der Waals surface area (Å²) in [4.78, 5) is 0. The first-order chi connectivity index (χ1) is 9.90. The summed E-state index contributed by atoms with van der Waals surface area (Å²) in [5, 5.41) is 3.52. The van der Waals surface area contributed by atoms with Gasteiger partial charge in [-0.15, -0.1) is 0 Å². The molecule has 0 aliphatic carbocycles. The molecule has 0 aromatic heterocycles. The Kier molecular flexibility index (Phi) is 8.53. The molecule has 1 aromatic rings. The van der Waals surface area contributed by atoms with Crippen LogP contribution in [-0.2, 0) is 11.2 Å². The van der Waals surface area contributed by atoms with Crippen LogP contribution in [-0.4, -0.2) is 26.8 Å². The van der Waals surface area contributed by atoms with E-state index in [9.17, 15) is 0 Å². The van der Waals surface area contributed by atoms with Crippen LogP contribution >= 0.6 is 15.9 Å². The summed E-state index contributed by atoms with van der Waals surface area (Å²) in [7, 11) is 1.75. The number of ether oxygens (including phenoxy) is 1. The first kappa shape index (κ1) is 18.7. The smallest absolute Gasteiger partial charge is 0.0587 e. The van der Waals surface area contributed by atoms with Crippen LogP contribution in [0.2, 0.25) is 0 Å². The van der Waals surface area contributed by atoms with E-state index >= 15 is 0 Å². The predicted octanol–water partition coefficient (Wildman–Crippen LogP) is 4.67. The van der Waals surface area contributed by atoms with Crippen molar-refractivity contribution in [2.24, 2.45) is 11.3 Å². The summed E-state index contributed by atoms with van der Waals surface area (Å²) in [6, 6.07) is 8.72. The summed E-state index contributed by atoms with van der Waals surface area (Å²) in [6.07, 6.45) is 3.67. The minimum atomic E-state index is 0.407. The van der Waals surface area contributed by atoms with E-state index in [4.69, 9.17) is 4.74 Å². The lowest BCUT2D eigenvalue weighted by Gasteiger charge is -2.23. The average molecular weight is 356 g/mol. The second-order valence-corrected chi connectivity index (χ2v) is 7.91. The molecule has 0 bridgehead atoms. The quantitative estimate of drug-likeness (QED) is 0.649. The number of nitrogens with one attached hydrogen (secondary N) is 1. The van der Waals surface area contributed by atoms with Crippen molar-refractivity contribution in [2.75, 3.05) is 26.8 Å². The van der Waals surface area contributed by atoms with E-state index in [0.29, 0.717) is 11.3 Å². The number of benzene rings is 1. The molecule has 0 saturated carbocycles. The van der Waals surface area contributed by atoms with Crippen molar-refractivity contribution in [2.45, 2.75) is 40.0 Å². The lowest BCUT2D eigenvalue weighted by molar-refractivity contribution is 0.196. The third kappa shape index (κ3) is 9.28. The lowest BCUT2D eigenvalue weighted by atomic mass is 9.84. The third-order valence-corrected chi connectivity index (χ3v) is 4.18. The van der Waals surface area contributed by atoms with E-state index in [0.717, 1.165) is 30.6 Å². The highest BCUT2D eigenvalue weighted by Crippen LogP contribution is 2.25. The van der Waals surface area contributed by atoms with Crippen LogP contribution in [0.5, 0.6) is 0 Å². The van der Waals surface area contributed by atoms with Crippen molar-refractivity contribution in [3.8, 4) is 0 Å². The summed E-state index contributed by atoms with van der Waals surface area (Å²) < 4.78 is 6.25. The monoisotopic (exact) mass is 355 g/mol. The molecule has 21 heavy (non-hydrogen) atoms. The van der Waals surface area contributed by atoms with E-state index in [1.807, 2.05) is 0 Å². The summed E-state index contributed by atoms with van der Waals surface area (Å²) >= 11 is 3.50. The second-order valence-electron chi connectivity index (χ2n) is 6.99. The molecule has 3 heteroatoms. The molecular weight excluding hydrogens is 326 g/mol. The number of halogens is 1. The number of hydrogen-bond acceptors (Lipinski definition) is 2. The Hall–Kier alpha value is -0.380. The molecule has 1 unspecified atom stereocenters. The molecule has 1 aromatic carbocycles. The molecular formula is C18H30BrNO. The Morgan fingerprint density at radius 1 is 1.19 bits per heavy atom. The molecule has 1 rings (SSSR count). The number of hydrogen-bond donors (Lipinski definition) is 1. The lowest BCUT2D eigenvalue weighted by Crippen LogP contribution is -2.28. The third-order valence-electron chi connectivity index (χ3n) is 3.66. The first-order valence-electron chi connectivity index (χ1n) is 7.85. The van der Waals surface area contributed by atoms with E-state index in [1.165, 1.54) is 18.4 Å². The minimum Gasteiger partial charge on any atom is -0.383 e. The largest absolute Gasteiger partial charge is 0.383 e. The minimum absolute atomic E-state index is 0.407. The molecule has 2 nitrogen and oxygen atoms in total. The Labute approximate surface area is 138 Å². The van der Waals surface area contributed by atoms with E-state index < -0.39 is 0 Å². The molecule has 0 saturated heterocycles. The SMILES string of the molecule is COCCNCC(CCC(C)(C)C)Cc1ccc(Br)cc1. The van der Waals surface area contributed by atoms with Crippen molar-refractivity contribution in [1.82, 2.24) is 5.32 Å². The number of methoxy groups -OCH3 is 1. The molecule has 0 aliphatic heterocycles. The topological polar surface area (TPSA) is 21.3 Å². The molecule has 0 aliphatic rings. The molecule has 1 atom stereocenters. The zero-order chi connectivity index (χ0) is 15.7. The summed E-state index contributed by atoms with van der Waals surface area (Å²) in [6.45, 7) is 9.74. The Balaban J connectivity index is 2.51. The highest BCUT2D eigenvalue weighted by Gasteiger charge is 2.15. The molecule has 0 heterocycles. The molecule has 0 amide bonds. The molecule has 0 radical (unpaired) electrons. The maximum absolute atomic E-state index is 5.10. The van der Waals surface area contributed by atoms with Crippen molar-refractivity contribution in [3.63, 3.8) is 0 Å². The fourth-order valence-electron chi connectivity index (χ4n) is 2.35. The van der Waals surface area contributed by atoms with Gasteiger partial charge in [-0.3, -0.25) is 0 Å². The fourth-order valence-corrected chi connectivity index (χ4v) is 2.61. The standard InChI is InChI=1S/C18H30BrNO/c1-18(2,3)10-9-16(14-20-11-12-21-4)13-15-5-7-17(19)8-6-15/h5-8,16,20H,9-14H2,1-4H3. The zero-order valence-corrected chi connectivity index (χ0v) is 15.5. The number of rotatable bonds is 9. The summed E-state index contributed by atoms with van der Waals surface area (Å²) in [5.74, 6) is 0.683. The van der Waals surface area contributed by atoms with Crippen molar-refractivity contribution in [1.29, 1.82) is 0 Å². The van der Waals surface area contributed by atoms with Crippen LogP contribution in [0.4, 0.5) is 0 Å². The molecule has 1 N–H and O–H groups in total. The van der Waals surface area contributed by atoms with Gasteiger partial charge in [0.25, 0.3) is 0 Å². The Morgan fingerprint density at radius 2 is 1.86 bits per heavy atom. The van der Waals surface area contributed by atoms with Gasteiger partial charge in [0.2, 0.25) is 0 Å². The predicted molar refractivity (Wildman–Crippen MR) is 94.8 cm³/mol. The Morgan fingerprint density at radius 3 is 2.43 bits per heavy atom. The summed E-state index contributed by atoms with van der Waals surface area (Å²) in [5.41, 5.74) is 1.83. The zero-order valence-electron chi connectivity index (χ0n) is 13.9. The first-order valence-corrected chi connectivity index (χ1v) is 8.64. The van der Waals surface area contributed by atoms with Gasteiger partial charge in [0, 0.05) is 18.1 Å². The van der Waals surface area contributed by atoms with Gasteiger partial charge in [-0.1, -0.05) is 48.8 Å². The second kappa shape index (κ2) is 9.60. The van der Waals surface area contributed by atoms with Gasteiger partial charge >= 0.3 is 0 Å². The van der Waals surface area contributed by atoms with Gasteiger partial charge in [-0.05, 0) is 54.8 Å². The molecule has 120 valence electrons. The maximum Gasteiger partial charge on any atom is 0.0587 e. The van der Waals surface area contributed by atoms with Crippen LogP contribution in [0.15, 0.2) is 28.7 Å². The fraction of sp³-hybridized carbons (Fsp3) is 0.667. The van der Waals surface area contributed by atoms with Gasteiger partial charge in [0.1, 0.15) is 0 Å². The van der Waals surface area contributed by atoms with Gasteiger partial charge in [0.15, 0.2) is 0 Å². The highest BCUT2D eigenvalue weighted by atomic mass is 79.9. The highest BCUT2D eigenvalue weighted by molar-refractivity contribution is 9.10. The van der Waals surface area contributed by atoms with E-state index in [2.05, 4.69) is 66.3 Å². The van der Waals surface area contributed by atoms with E-state index in [1.54, 1.807) is 7.11 Å². The van der Waals surface area contributed by atoms with Crippen molar-refractivity contribution in [3.05, 3.63) is 34.3 Å². The van der Waals surface area contributed by atoms with Crippen LogP contribution in [0, 0.1) is 11.3 Å². The average Bonchev–Trinajstić information content (AvgIpc) is 2.42. The van der Waals surface area contributed by atoms with Gasteiger partial charge in [-0.2, -0.15) is 0 Å². The van der Waals surface area contributed by atoms with Crippen LogP contribution < -0.4 is 5.32 Å².